The van der Waals surface area contributed by atoms with Crippen molar-refractivity contribution in [3.63, 3.8) is 0 Å². The van der Waals surface area contributed by atoms with E-state index < -0.39 is 0 Å². The maximum Gasteiger partial charge on any atom is 0.222 e. The zero-order valence-corrected chi connectivity index (χ0v) is 19.3. The van der Waals surface area contributed by atoms with Crippen LogP contribution in [-0.2, 0) is 10.8 Å². The third kappa shape index (κ3) is 2.72. The first-order chi connectivity index (χ1) is 14.7. The second-order valence-electron chi connectivity index (χ2n) is 10.3. The highest BCUT2D eigenvalue weighted by Crippen LogP contribution is 2.51. The molecule has 0 radical (unpaired) electrons. The lowest BCUT2D eigenvalue weighted by Crippen LogP contribution is -2.44. The molecule has 6 rings (SSSR count). The minimum absolute atomic E-state index is 0.0147. The van der Waals surface area contributed by atoms with Gasteiger partial charge in [0.2, 0.25) is 5.55 Å². The Hall–Kier alpha value is -2.66. The summed E-state index contributed by atoms with van der Waals surface area (Å²) in [5.74, 6) is 0. The summed E-state index contributed by atoms with van der Waals surface area (Å²) >= 11 is 1.62. The summed E-state index contributed by atoms with van der Waals surface area (Å²) in [6, 6.07) is 12.6. The number of para-hydroxylation sites is 1. The van der Waals surface area contributed by atoms with Crippen LogP contribution in [0.2, 0.25) is 0 Å². The Bertz CT molecular complexity index is 1390. The number of thiazole rings is 1. The summed E-state index contributed by atoms with van der Waals surface area (Å²) in [6.07, 6.45) is 2.26. The summed E-state index contributed by atoms with van der Waals surface area (Å²) in [6.45, 7) is 11.5. The molecular formula is C26H27N3OS. The van der Waals surface area contributed by atoms with Gasteiger partial charge in [0.05, 0.1) is 15.8 Å². The van der Waals surface area contributed by atoms with Crippen molar-refractivity contribution >= 4 is 38.2 Å². The average Bonchev–Trinajstić information content (AvgIpc) is 3.15. The molecule has 0 saturated heterocycles. The monoisotopic (exact) mass is 429 g/mol. The van der Waals surface area contributed by atoms with Crippen LogP contribution in [0, 0.1) is 5.41 Å². The van der Waals surface area contributed by atoms with Crippen LogP contribution < -0.4 is 10.5 Å². The van der Waals surface area contributed by atoms with E-state index in [0.29, 0.717) is 0 Å². The molecule has 0 bridgehead atoms. The summed E-state index contributed by atoms with van der Waals surface area (Å²) in [5.41, 5.74) is 7.02. The number of hydrogen-bond donors (Lipinski definition) is 1. The van der Waals surface area contributed by atoms with Crippen molar-refractivity contribution < 1.29 is 4.42 Å². The van der Waals surface area contributed by atoms with Gasteiger partial charge in [0, 0.05) is 29.7 Å². The number of nitrogens with zero attached hydrogens (tertiary/aromatic N) is 2. The molecule has 0 unspecified atom stereocenters. The molecule has 4 aromatic rings. The summed E-state index contributed by atoms with van der Waals surface area (Å²) in [4.78, 5) is 7.33. The summed E-state index contributed by atoms with van der Waals surface area (Å²) < 4.78 is 7.46. The fourth-order valence-electron chi connectivity index (χ4n) is 5.31. The number of fused-ring (bicyclic) bond motifs is 3. The zero-order chi connectivity index (χ0) is 21.5. The second-order valence-corrected chi connectivity index (χ2v) is 11.3. The van der Waals surface area contributed by atoms with Gasteiger partial charge in [-0.05, 0) is 53.5 Å². The quantitative estimate of drug-likeness (QED) is 0.383. The normalized spacial score (nSPS) is 19.0. The standard InChI is InChI=1S/C26H27N3OS/c1-25(2)9-11-29-12-10-26(3,4)20-21(29)17(25)14-15-13-16(23(27)30-22(15)20)24-28-18-7-5-6-8-19(18)31-24/h5-8,13-14,27H,9-12H2,1-4H3. The fraction of sp³-hybridized carbons (Fsp3) is 0.385. The summed E-state index contributed by atoms with van der Waals surface area (Å²) in [5, 5.41) is 10.7. The first kappa shape index (κ1) is 19.1. The van der Waals surface area contributed by atoms with Crippen LogP contribution in [0.1, 0.15) is 51.7 Å². The van der Waals surface area contributed by atoms with Crippen molar-refractivity contribution in [2.45, 2.75) is 51.4 Å². The molecule has 2 aliphatic rings. The first-order valence-electron chi connectivity index (χ1n) is 11.1. The van der Waals surface area contributed by atoms with Crippen molar-refractivity contribution in [1.29, 1.82) is 5.41 Å². The van der Waals surface area contributed by atoms with E-state index in [0.717, 1.165) is 57.7 Å². The molecule has 0 atom stereocenters. The van der Waals surface area contributed by atoms with E-state index in [4.69, 9.17) is 14.8 Å². The molecule has 4 nitrogen and oxygen atoms in total. The molecule has 2 aromatic carbocycles. The van der Waals surface area contributed by atoms with E-state index in [1.54, 1.807) is 11.3 Å². The predicted octanol–water partition coefficient (Wildman–Crippen LogP) is 6.36. The SMILES string of the molecule is CC1(C)CCN2CCC(C)(C)c3c2c1cc1cc(-c2nc4ccccc4s2)c(=N)oc31. The van der Waals surface area contributed by atoms with Gasteiger partial charge >= 0.3 is 0 Å². The lowest BCUT2D eigenvalue weighted by atomic mass is 9.69. The fourth-order valence-corrected chi connectivity index (χ4v) is 6.29. The molecule has 158 valence electrons. The Labute approximate surface area is 186 Å². The number of anilines is 1. The van der Waals surface area contributed by atoms with Gasteiger partial charge in [-0.1, -0.05) is 39.8 Å². The van der Waals surface area contributed by atoms with Crippen LogP contribution in [0.5, 0.6) is 0 Å². The minimum atomic E-state index is 0.0147. The Morgan fingerprint density at radius 2 is 1.77 bits per heavy atom. The number of rotatable bonds is 1. The van der Waals surface area contributed by atoms with Gasteiger partial charge in [-0.3, -0.25) is 5.41 Å². The topological polar surface area (TPSA) is 53.1 Å². The van der Waals surface area contributed by atoms with Crippen LogP contribution in [0.3, 0.4) is 0 Å². The Morgan fingerprint density at radius 3 is 2.55 bits per heavy atom. The lowest BCUT2D eigenvalue weighted by Gasteiger charge is -2.48. The van der Waals surface area contributed by atoms with Gasteiger partial charge in [-0.2, -0.15) is 0 Å². The molecule has 0 amide bonds. The second kappa shape index (κ2) is 6.19. The number of benzene rings is 2. The number of nitrogens with one attached hydrogen (secondary N) is 1. The van der Waals surface area contributed by atoms with E-state index >= 15 is 0 Å². The lowest BCUT2D eigenvalue weighted by molar-refractivity contribution is 0.398. The van der Waals surface area contributed by atoms with Crippen LogP contribution in [0.4, 0.5) is 5.69 Å². The van der Waals surface area contributed by atoms with E-state index in [-0.39, 0.29) is 16.4 Å². The van der Waals surface area contributed by atoms with Gasteiger partial charge < -0.3 is 9.32 Å². The third-order valence-corrected chi connectivity index (χ3v) is 8.36. The van der Waals surface area contributed by atoms with Crippen LogP contribution in [-0.4, -0.2) is 18.1 Å². The van der Waals surface area contributed by atoms with Crippen molar-refractivity contribution in [2.24, 2.45) is 0 Å². The van der Waals surface area contributed by atoms with Gasteiger partial charge in [0.25, 0.3) is 0 Å². The van der Waals surface area contributed by atoms with Crippen LogP contribution in [0.15, 0.2) is 40.8 Å². The van der Waals surface area contributed by atoms with E-state index in [9.17, 15) is 0 Å². The van der Waals surface area contributed by atoms with Crippen LogP contribution >= 0.6 is 11.3 Å². The van der Waals surface area contributed by atoms with Gasteiger partial charge in [0.1, 0.15) is 10.6 Å². The van der Waals surface area contributed by atoms with Gasteiger partial charge in [0.15, 0.2) is 0 Å². The molecule has 0 fully saturated rings. The predicted molar refractivity (Wildman–Crippen MR) is 128 cm³/mol. The largest absolute Gasteiger partial charge is 0.438 e. The molecule has 0 aliphatic carbocycles. The highest BCUT2D eigenvalue weighted by atomic mass is 32.1. The zero-order valence-electron chi connectivity index (χ0n) is 18.5. The average molecular weight is 430 g/mol. The Morgan fingerprint density at radius 1 is 1.03 bits per heavy atom. The maximum atomic E-state index is 8.74. The van der Waals surface area contributed by atoms with Crippen molar-refractivity contribution in [3.8, 4) is 10.6 Å². The number of aromatic nitrogens is 1. The Balaban J connectivity index is 1.68. The molecule has 0 spiro atoms. The van der Waals surface area contributed by atoms with Crippen molar-refractivity contribution in [3.05, 3.63) is 53.1 Å². The van der Waals surface area contributed by atoms with Gasteiger partial charge in [-0.25, -0.2) is 4.98 Å². The third-order valence-electron chi connectivity index (χ3n) is 7.29. The highest BCUT2D eigenvalue weighted by Gasteiger charge is 2.41. The molecule has 2 aliphatic heterocycles. The van der Waals surface area contributed by atoms with E-state index in [1.807, 2.05) is 18.2 Å². The molecule has 2 aromatic heterocycles. The molecule has 31 heavy (non-hydrogen) atoms. The molecule has 1 N–H and O–H groups in total. The maximum absolute atomic E-state index is 8.74. The Kier molecular flexibility index (Phi) is 3.81. The first-order valence-corrected chi connectivity index (χ1v) is 11.9. The highest BCUT2D eigenvalue weighted by molar-refractivity contribution is 7.21. The van der Waals surface area contributed by atoms with Crippen molar-refractivity contribution in [1.82, 2.24) is 4.98 Å². The molecule has 5 heteroatoms. The minimum Gasteiger partial charge on any atom is -0.438 e. The smallest absolute Gasteiger partial charge is 0.222 e. The van der Waals surface area contributed by atoms with Crippen LogP contribution in [0.25, 0.3) is 31.8 Å². The molecular weight excluding hydrogens is 402 g/mol. The molecule has 4 heterocycles. The van der Waals surface area contributed by atoms with E-state index in [1.165, 1.54) is 16.8 Å². The summed E-state index contributed by atoms with van der Waals surface area (Å²) in [7, 11) is 0. The number of hydrogen-bond acceptors (Lipinski definition) is 5. The van der Waals surface area contributed by atoms with Gasteiger partial charge in [-0.15, -0.1) is 11.3 Å². The molecule has 0 saturated carbocycles. The van der Waals surface area contributed by atoms with E-state index in [2.05, 4.69) is 50.8 Å². The van der Waals surface area contributed by atoms with Crippen molar-refractivity contribution in [2.75, 3.05) is 18.0 Å².